The Morgan fingerprint density at radius 3 is 2.61 bits per heavy atom. The fourth-order valence-electron chi connectivity index (χ4n) is 1.58. The lowest BCUT2D eigenvalue weighted by atomic mass is 10.2. The van der Waals surface area contributed by atoms with E-state index in [1.807, 2.05) is 32.0 Å². The summed E-state index contributed by atoms with van der Waals surface area (Å²) in [5.74, 6) is 0.617. The third-order valence-electron chi connectivity index (χ3n) is 2.84. The van der Waals surface area contributed by atoms with Gasteiger partial charge in [0.15, 0.2) is 9.84 Å². The number of rotatable bonds is 7. The lowest BCUT2D eigenvalue weighted by Crippen LogP contribution is -2.21. The van der Waals surface area contributed by atoms with Crippen LogP contribution in [0.15, 0.2) is 24.3 Å². The summed E-state index contributed by atoms with van der Waals surface area (Å²) >= 11 is 5.97. The molecule has 0 aliphatic heterocycles. The zero-order chi connectivity index (χ0) is 13.6. The summed E-state index contributed by atoms with van der Waals surface area (Å²) in [5, 5.41) is 3.66. The Bertz CT molecular complexity index is 474. The second-order valence-corrected chi connectivity index (χ2v) is 7.17. The second kappa shape index (κ2) is 7.00. The van der Waals surface area contributed by atoms with E-state index in [-0.39, 0.29) is 17.4 Å². The van der Waals surface area contributed by atoms with Crippen LogP contribution in [0.5, 0.6) is 0 Å². The van der Waals surface area contributed by atoms with E-state index >= 15 is 0 Å². The number of halogens is 1. The highest BCUT2D eigenvalue weighted by atomic mass is 35.5. The summed E-state index contributed by atoms with van der Waals surface area (Å²) in [5.41, 5.74) is 0.776. The topological polar surface area (TPSA) is 46.2 Å². The molecule has 5 heteroatoms. The molecule has 1 atom stereocenters. The molecule has 102 valence electrons. The first kappa shape index (κ1) is 15.3. The molecule has 1 aromatic carbocycles. The van der Waals surface area contributed by atoms with Gasteiger partial charge in [-0.05, 0) is 18.1 Å². The fourth-order valence-corrected chi connectivity index (χ4v) is 3.47. The molecule has 18 heavy (non-hydrogen) atoms. The average Bonchev–Trinajstić information content (AvgIpc) is 2.30. The molecule has 0 saturated heterocycles. The Kier molecular flexibility index (Phi) is 5.96. The van der Waals surface area contributed by atoms with Crippen LogP contribution in [-0.4, -0.2) is 26.5 Å². The standard InChI is InChI=1S/C13H20ClNO2S/c1-3-11(2)10-18(16,17)9-8-15-13-7-5-4-6-12(13)14/h4-7,11,15H,3,8-10H2,1-2H3. The molecule has 0 radical (unpaired) electrons. The van der Waals surface area contributed by atoms with E-state index in [2.05, 4.69) is 5.32 Å². The van der Waals surface area contributed by atoms with Gasteiger partial charge < -0.3 is 5.32 Å². The summed E-state index contributed by atoms with van der Waals surface area (Å²) < 4.78 is 23.6. The van der Waals surface area contributed by atoms with Crippen LogP contribution in [-0.2, 0) is 9.84 Å². The Hall–Kier alpha value is -0.740. The van der Waals surface area contributed by atoms with Crippen LogP contribution in [0.4, 0.5) is 5.69 Å². The van der Waals surface area contributed by atoms with Gasteiger partial charge in [0, 0.05) is 6.54 Å². The van der Waals surface area contributed by atoms with E-state index in [0.717, 1.165) is 12.1 Å². The molecular formula is C13H20ClNO2S. The third kappa shape index (κ3) is 5.27. The van der Waals surface area contributed by atoms with Crippen LogP contribution in [0.1, 0.15) is 20.3 Å². The molecule has 0 fully saturated rings. The van der Waals surface area contributed by atoms with Gasteiger partial charge in [-0.1, -0.05) is 44.0 Å². The number of anilines is 1. The maximum absolute atomic E-state index is 11.8. The normalized spacial score (nSPS) is 13.3. The zero-order valence-electron chi connectivity index (χ0n) is 10.8. The largest absolute Gasteiger partial charge is 0.383 e. The Balaban J connectivity index is 2.44. The van der Waals surface area contributed by atoms with Crippen molar-refractivity contribution in [2.24, 2.45) is 5.92 Å². The van der Waals surface area contributed by atoms with Gasteiger partial charge in [-0.2, -0.15) is 0 Å². The van der Waals surface area contributed by atoms with Crippen LogP contribution >= 0.6 is 11.6 Å². The van der Waals surface area contributed by atoms with Crippen molar-refractivity contribution < 1.29 is 8.42 Å². The van der Waals surface area contributed by atoms with Crippen molar-refractivity contribution in [2.45, 2.75) is 20.3 Å². The van der Waals surface area contributed by atoms with Crippen molar-refractivity contribution in [3.8, 4) is 0 Å². The fraction of sp³-hybridized carbons (Fsp3) is 0.538. The van der Waals surface area contributed by atoms with Crippen LogP contribution in [0.2, 0.25) is 5.02 Å². The van der Waals surface area contributed by atoms with Gasteiger partial charge in [0.05, 0.1) is 22.2 Å². The Morgan fingerprint density at radius 2 is 2.00 bits per heavy atom. The molecule has 0 amide bonds. The van der Waals surface area contributed by atoms with Crippen molar-refractivity contribution in [3.63, 3.8) is 0 Å². The molecule has 1 N–H and O–H groups in total. The summed E-state index contributed by atoms with van der Waals surface area (Å²) in [7, 11) is -2.98. The van der Waals surface area contributed by atoms with Crippen LogP contribution in [0.25, 0.3) is 0 Å². The first-order valence-electron chi connectivity index (χ1n) is 6.13. The third-order valence-corrected chi connectivity index (χ3v) is 5.07. The number of hydrogen-bond acceptors (Lipinski definition) is 3. The number of sulfone groups is 1. The molecule has 0 heterocycles. The first-order valence-corrected chi connectivity index (χ1v) is 8.33. The molecule has 0 aromatic heterocycles. The molecule has 3 nitrogen and oxygen atoms in total. The van der Waals surface area contributed by atoms with E-state index in [1.54, 1.807) is 6.07 Å². The molecule has 1 aromatic rings. The smallest absolute Gasteiger partial charge is 0.152 e. The minimum absolute atomic E-state index is 0.141. The van der Waals surface area contributed by atoms with Crippen LogP contribution in [0.3, 0.4) is 0 Å². The van der Waals surface area contributed by atoms with Gasteiger partial charge in [-0.3, -0.25) is 0 Å². The summed E-state index contributed by atoms with van der Waals surface area (Å²) in [6, 6.07) is 7.32. The van der Waals surface area contributed by atoms with Crippen molar-refractivity contribution >= 4 is 27.1 Å². The highest BCUT2D eigenvalue weighted by Gasteiger charge is 2.14. The maximum Gasteiger partial charge on any atom is 0.152 e. The molecule has 0 spiro atoms. The molecule has 0 bridgehead atoms. The molecule has 1 rings (SSSR count). The molecule has 0 aliphatic carbocycles. The summed E-state index contributed by atoms with van der Waals surface area (Å²) in [6.07, 6.45) is 0.886. The van der Waals surface area contributed by atoms with Gasteiger partial charge in [0.25, 0.3) is 0 Å². The van der Waals surface area contributed by atoms with Gasteiger partial charge >= 0.3 is 0 Å². The minimum Gasteiger partial charge on any atom is -0.383 e. The van der Waals surface area contributed by atoms with Gasteiger partial charge in [-0.25, -0.2) is 8.42 Å². The van der Waals surface area contributed by atoms with Crippen molar-refractivity contribution in [2.75, 3.05) is 23.4 Å². The summed E-state index contributed by atoms with van der Waals surface area (Å²) in [4.78, 5) is 0. The van der Waals surface area contributed by atoms with E-state index < -0.39 is 9.84 Å². The van der Waals surface area contributed by atoms with E-state index in [9.17, 15) is 8.42 Å². The molecular weight excluding hydrogens is 270 g/mol. The highest BCUT2D eigenvalue weighted by molar-refractivity contribution is 7.91. The molecule has 0 saturated carbocycles. The van der Waals surface area contributed by atoms with Gasteiger partial charge in [0.2, 0.25) is 0 Å². The van der Waals surface area contributed by atoms with Gasteiger partial charge in [-0.15, -0.1) is 0 Å². The second-order valence-electron chi connectivity index (χ2n) is 4.53. The predicted octanol–water partition coefficient (Wildman–Crippen LogP) is 3.21. The van der Waals surface area contributed by atoms with E-state index in [1.165, 1.54) is 0 Å². The number of hydrogen-bond donors (Lipinski definition) is 1. The highest BCUT2D eigenvalue weighted by Crippen LogP contribution is 2.20. The predicted molar refractivity (Wildman–Crippen MR) is 78.1 cm³/mol. The van der Waals surface area contributed by atoms with Gasteiger partial charge in [0.1, 0.15) is 0 Å². The van der Waals surface area contributed by atoms with Crippen molar-refractivity contribution in [3.05, 3.63) is 29.3 Å². The zero-order valence-corrected chi connectivity index (χ0v) is 12.4. The van der Waals surface area contributed by atoms with Crippen LogP contribution < -0.4 is 5.32 Å². The van der Waals surface area contributed by atoms with Crippen molar-refractivity contribution in [1.82, 2.24) is 0 Å². The number of nitrogens with one attached hydrogen (secondary N) is 1. The Morgan fingerprint density at radius 1 is 1.33 bits per heavy atom. The average molecular weight is 290 g/mol. The maximum atomic E-state index is 11.8. The lowest BCUT2D eigenvalue weighted by Gasteiger charge is -2.11. The lowest BCUT2D eigenvalue weighted by molar-refractivity contribution is 0.564. The molecule has 1 unspecified atom stereocenters. The van der Waals surface area contributed by atoms with E-state index in [4.69, 9.17) is 11.6 Å². The number of para-hydroxylation sites is 1. The summed E-state index contributed by atoms with van der Waals surface area (Å²) in [6.45, 7) is 4.35. The minimum atomic E-state index is -2.98. The first-order chi connectivity index (χ1) is 8.44. The number of benzene rings is 1. The molecule has 0 aliphatic rings. The monoisotopic (exact) mass is 289 g/mol. The Labute approximate surface area is 114 Å². The quantitative estimate of drug-likeness (QED) is 0.838. The van der Waals surface area contributed by atoms with Crippen LogP contribution in [0, 0.1) is 5.92 Å². The van der Waals surface area contributed by atoms with E-state index in [0.29, 0.717) is 11.6 Å². The SMILES string of the molecule is CCC(C)CS(=O)(=O)CCNc1ccccc1Cl. The van der Waals surface area contributed by atoms with Crippen molar-refractivity contribution in [1.29, 1.82) is 0 Å².